The highest BCUT2D eigenvalue weighted by Gasteiger charge is 2.42. The lowest BCUT2D eigenvalue weighted by atomic mass is 10.0. The molecule has 198 valence electrons. The van der Waals surface area contributed by atoms with Crippen LogP contribution in [0.5, 0.6) is 0 Å². The highest BCUT2D eigenvalue weighted by Crippen LogP contribution is 2.44. The zero-order valence-electron chi connectivity index (χ0n) is 21.1. The maximum atomic E-state index is 12.2. The number of benzene rings is 2. The Bertz CT molecular complexity index is 1540. The fraction of sp³-hybridized carbons (Fsp3) is 0.172. The van der Waals surface area contributed by atoms with Crippen LogP contribution >= 0.6 is 23.8 Å². The van der Waals surface area contributed by atoms with Crippen molar-refractivity contribution < 1.29 is 19.1 Å². The first-order valence-corrected chi connectivity index (χ1v) is 13.1. The molecule has 4 aromatic rings. The minimum Gasteiger partial charge on any atom is -0.478 e. The molecule has 1 aliphatic rings. The Morgan fingerprint density at radius 3 is 2.51 bits per heavy atom. The van der Waals surface area contributed by atoms with Crippen molar-refractivity contribution in [2.24, 2.45) is 5.92 Å². The highest BCUT2D eigenvalue weighted by molar-refractivity contribution is 7.80. The quantitative estimate of drug-likeness (QED) is 0.221. The van der Waals surface area contributed by atoms with Crippen molar-refractivity contribution in [2.75, 3.05) is 10.2 Å². The van der Waals surface area contributed by atoms with Gasteiger partial charge in [-0.05, 0) is 66.8 Å². The average molecular weight is 561 g/mol. The lowest BCUT2D eigenvalue weighted by Gasteiger charge is -2.26. The number of halogens is 1. The van der Waals surface area contributed by atoms with Gasteiger partial charge in [0, 0.05) is 23.4 Å². The number of nitrogens with one attached hydrogen (secondary N) is 2. The fourth-order valence-corrected chi connectivity index (χ4v) is 4.97. The van der Waals surface area contributed by atoms with Crippen molar-refractivity contribution in [3.63, 3.8) is 0 Å². The SMILES string of the molecule is CC(C)C(=O)Nc1ccc(N2C(=S)N[C@@H](c3ccccn3)[C@@H]2c2ccc(-c3ccc(C(=O)O)cc3)o2)cc1Cl. The van der Waals surface area contributed by atoms with Crippen LogP contribution in [-0.2, 0) is 4.79 Å². The molecule has 3 heterocycles. The van der Waals surface area contributed by atoms with E-state index in [4.69, 9.17) is 28.2 Å². The summed E-state index contributed by atoms with van der Waals surface area (Å²) in [6.45, 7) is 3.62. The monoisotopic (exact) mass is 560 g/mol. The van der Waals surface area contributed by atoms with Gasteiger partial charge in [0.1, 0.15) is 17.6 Å². The number of hydrogen-bond acceptors (Lipinski definition) is 5. The number of aromatic nitrogens is 1. The zero-order valence-corrected chi connectivity index (χ0v) is 22.7. The van der Waals surface area contributed by atoms with Crippen molar-refractivity contribution >= 4 is 52.2 Å². The number of rotatable bonds is 7. The van der Waals surface area contributed by atoms with E-state index in [2.05, 4.69) is 15.6 Å². The molecule has 0 bridgehead atoms. The Kier molecular flexibility index (Phi) is 7.36. The summed E-state index contributed by atoms with van der Waals surface area (Å²) in [5.74, 6) is -0.0916. The van der Waals surface area contributed by atoms with E-state index in [1.54, 1.807) is 30.5 Å². The van der Waals surface area contributed by atoms with E-state index in [0.717, 1.165) is 11.3 Å². The van der Waals surface area contributed by atoms with Crippen molar-refractivity contribution in [2.45, 2.75) is 25.9 Å². The van der Waals surface area contributed by atoms with Crippen LogP contribution in [0.3, 0.4) is 0 Å². The van der Waals surface area contributed by atoms with Gasteiger partial charge >= 0.3 is 5.97 Å². The van der Waals surface area contributed by atoms with E-state index in [9.17, 15) is 14.7 Å². The second-order valence-electron chi connectivity index (χ2n) is 9.39. The predicted octanol–water partition coefficient (Wildman–Crippen LogP) is 6.46. The number of carbonyl (C=O) groups is 2. The van der Waals surface area contributed by atoms with Crippen molar-refractivity contribution in [3.8, 4) is 11.3 Å². The predicted molar refractivity (Wildman–Crippen MR) is 154 cm³/mol. The Morgan fingerprint density at radius 1 is 1.10 bits per heavy atom. The molecule has 39 heavy (non-hydrogen) atoms. The molecule has 2 atom stereocenters. The van der Waals surface area contributed by atoms with Gasteiger partial charge in [-0.3, -0.25) is 9.78 Å². The van der Waals surface area contributed by atoms with E-state index in [0.29, 0.717) is 33.0 Å². The van der Waals surface area contributed by atoms with Gasteiger partial charge in [-0.2, -0.15) is 0 Å². The maximum absolute atomic E-state index is 12.2. The molecular formula is C29H25ClN4O4S. The molecule has 1 saturated heterocycles. The number of furan rings is 1. The van der Waals surface area contributed by atoms with Crippen LogP contribution in [0.25, 0.3) is 11.3 Å². The van der Waals surface area contributed by atoms with Gasteiger partial charge in [0.2, 0.25) is 5.91 Å². The Labute approximate surface area is 235 Å². The average Bonchev–Trinajstić information content (AvgIpc) is 3.55. The van der Waals surface area contributed by atoms with Crippen LogP contribution in [0.4, 0.5) is 11.4 Å². The zero-order chi connectivity index (χ0) is 27.7. The van der Waals surface area contributed by atoms with Crippen LogP contribution in [0.15, 0.2) is 83.4 Å². The summed E-state index contributed by atoms with van der Waals surface area (Å²) in [4.78, 5) is 29.9. The number of pyridine rings is 1. The summed E-state index contributed by atoms with van der Waals surface area (Å²) in [5.41, 5.74) is 2.95. The normalized spacial score (nSPS) is 16.8. The lowest BCUT2D eigenvalue weighted by Crippen LogP contribution is -2.29. The molecule has 0 aliphatic carbocycles. The number of thiocarbonyl (C=S) groups is 1. The molecule has 2 aromatic heterocycles. The van der Waals surface area contributed by atoms with Crippen LogP contribution in [0.1, 0.15) is 47.7 Å². The molecule has 2 aromatic carbocycles. The number of nitrogens with zero attached hydrogens (tertiary/aromatic N) is 2. The van der Waals surface area contributed by atoms with E-state index in [1.807, 2.05) is 55.1 Å². The number of carboxylic acids is 1. The van der Waals surface area contributed by atoms with E-state index in [-0.39, 0.29) is 23.4 Å². The number of carboxylic acid groups (broad SMARTS) is 1. The van der Waals surface area contributed by atoms with Crippen LogP contribution in [0, 0.1) is 5.92 Å². The second kappa shape index (κ2) is 10.9. The number of hydrogen-bond donors (Lipinski definition) is 3. The molecule has 5 rings (SSSR count). The summed E-state index contributed by atoms with van der Waals surface area (Å²) in [6, 6.07) is 20.5. The molecular weight excluding hydrogens is 536 g/mol. The molecule has 1 amide bonds. The van der Waals surface area contributed by atoms with Gasteiger partial charge in [-0.15, -0.1) is 0 Å². The van der Waals surface area contributed by atoms with Crippen LogP contribution in [-0.4, -0.2) is 27.1 Å². The molecule has 8 nitrogen and oxygen atoms in total. The molecule has 0 spiro atoms. The molecule has 10 heteroatoms. The number of amides is 1. The van der Waals surface area contributed by atoms with Crippen LogP contribution in [0.2, 0.25) is 5.02 Å². The minimum absolute atomic E-state index is 0.129. The van der Waals surface area contributed by atoms with E-state index in [1.165, 1.54) is 12.1 Å². The number of carbonyl (C=O) groups excluding carboxylic acids is 1. The third-order valence-electron chi connectivity index (χ3n) is 6.45. The molecule has 1 fully saturated rings. The van der Waals surface area contributed by atoms with Gasteiger partial charge in [0.15, 0.2) is 5.11 Å². The topological polar surface area (TPSA) is 108 Å². The summed E-state index contributed by atoms with van der Waals surface area (Å²) in [5, 5.41) is 16.3. The van der Waals surface area contributed by atoms with Crippen LogP contribution < -0.4 is 15.5 Å². The van der Waals surface area contributed by atoms with Gasteiger partial charge in [-0.1, -0.05) is 43.6 Å². The second-order valence-corrected chi connectivity index (χ2v) is 10.2. The Morgan fingerprint density at radius 2 is 1.87 bits per heavy atom. The summed E-state index contributed by atoms with van der Waals surface area (Å²) in [6.07, 6.45) is 1.72. The summed E-state index contributed by atoms with van der Waals surface area (Å²) in [7, 11) is 0. The molecule has 3 N–H and O–H groups in total. The molecule has 1 aliphatic heterocycles. The third kappa shape index (κ3) is 5.36. The molecule has 0 unspecified atom stereocenters. The smallest absolute Gasteiger partial charge is 0.335 e. The van der Waals surface area contributed by atoms with Crippen molar-refractivity contribution in [1.82, 2.24) is 10.3 Å². The molecule has 0 radical (unpaired) electrons. The summed E-state index contributed by atoms with van der Waals surface area (Å²) >= 11 is 12.4. The van der Waals surface area contributed by atoms with Gasteiger partial charge in [0.05, 0.1) is 28.0 Å². The number of aromatic carboxylic acids is 1. The first-order chi connectivity index (χ1) is 18.7. The van der Waals surface area contributed by atoms with Crippen molar-refractivity contribution in [3.05, 3.63) is 101 Å². The first kappa shape index (κ1) is 26.4. The minimum atomic E-state index is -0.991. The van der Waals surface area contributed by atoms with Gasteiger partial charge in [0.25, 0.3) is 0 Å². The van der Waals surface area contributed by atoms with E-state index >= 15 is 0 Å². The number of anilines is 2. The largest absolute Gasteiger partial charge is 0.478 e. The van der Waals surface area contributed by atoms with Gasteiger partial charge < -0.3 is 25.1 Å². The van der Waals surface area contributed by atoms with Gasteiger partial charge in [-0.25, -0.2) is 4.79 Å². The standard InChI is InChI=1S/C29H25ClN4O4S/c1-16(2)27(35)32-21-11-10-19(15-20(21)30)34-26(25(33-29(34)39)22-5-3-4-14-31-22)24-13-12-23(38-24)17-6-8-18(9-7-17)28(36)37/h3-16,25-26H,1-2H3,(H,32,35)(H,33,39)(H,36,37)/t25-,26-/m0/s1. The Balaban J connectivity index is 1.53. The third-order valence-corrected chi connectivity index (χ3v) is 7.07. The Hall–Kier alpha value is -4.21. The summed E-state index contributed by atoms with van der Waals surface area (Å²) < 4.78 is 6.33. The fourth-order valence-electron chi connectivity index (χ4n) is 4.40. The first-order valence-electron chi connectivity index (χ1n) is 12.3. The van der Waals surface area contributed by atoms with E-state index < -0.39 is 12.0 Å². The lowest BCUT2D eigenvalue weighted by molar-refractivity contribution is -0.118. The maximum Gasteiger partial charge on any atom is 0.335 e. The highest BCUT2D eigenvalue weighted by atomic mass is 35.5. The molecule has 0 saturated carbocycles. The van der Waals surface area contributed by atoms with Crippen molar-refractivity contribution in [1.29, 1.82) is 0 Å².